The summed E-state index contributed by atoms with van der Waals surface area (Å²) in [6.45, 7) is 1.58. The second kappa shape index (κ2) is 9.09. The van der Waals surface area contributed by atoms with Crippen LogP contribution in [0.4, 0.5) is 8.78 Å². The molecule has 39 heavy (non-hydrogen) atoms. The lowest BCUT2D eigenvalue weighted by molar-refractivity contribution is -0.218. The Bertz CT molecular complexity index is 1120. The molecule has 0 aromatic rings. The van der Waals surface area contributed by atoms with Crippen LogP contribution in [0.1, 0.15) is 77.6 Å². The van der Waals surface area contributed by atoms with Gasteiger partial charge in [-0.1, -0.05) is 6.92 Å². The van der Waals surface area contributed by atoms with Gasteiger partial charge in [0.15, 0.2) is 6.61 Å². The third-order valence-corrected chi connectivity index (χ3v) is 11.9. The molecule has 12 heteroatoms. The molecule has 0 aromatic carbocycles. The molecule has 0 aromatic heterocycles. The average molecular weight is 575 g/mol. The molecule has 0 spiro atoms. The van der Waals surface area contributed by atoms with E-state index in [2.05, 4.69) is 6.92 Å². The maximum Gasteiger partial charge on any atom is 0.465 e. The van der Waals surface area contributed by atoms with E-state index < -0.39 is 68.8 Å². The van der Waals surface area contributed by atoms with Crippen LogP contribution >= 0.6 is 0 Å². The Morgan fingerprint density at radius 2 is 1.46 bits per heavy atom. The van der Waals surface area contributed by atoms with Crippen LogP contribution in [0.15, 0.2) is 0 Å². The normalized spacial score (nSPS) is 43.8. The molecule has 2 unspecified atom stereocenters. The molecule has 0 aliphatic heterocycles. The first-order valence-corrected chi connectivity index (χ1v) is 15.7. The van der Waals surface area contributed by atoms with Crippen LogP contribution in [-0.4, -0.2) is 54.4 Å². The van der Waals surface area contributed by atoms with Crippen LogP contribution in [0.2, 0.25) is 0 Å². The first-order chi connectivity index (χ1) is 18.3. The summed E-state index contributed by atoms with van der Waals surface area (Å²) >= 11 is 0. The van der Waals surface area contributed by atoms with Crippen LogP contribution in [0.25, 0.3) is 0 Å². The summed E-state index contributed by atoms with van der Waals surface area (Å²) in [6.07, 6.45) is 7.50. The molecule has 0 amide bonds. The highest BCUT2D eigenvalue weighted by Crippen LogP contribution is 2.62. The zero-order chi connectivity index (χ0) is 28.0. The molecule has 8 rings (SSSR count). The van der Waals surface area contributed by atoms with E-state index in [1.54, 1.807) is 0 Å². The average Bonchev–Trinajstić information content (AvgIpc) is 2.85. The van der Waals surface area contributed by atoms with Gasteiger partial charge >= 0.3 is 33.3 Å². The van der Waals surface area contributed by atoms with Gasteiger partial charge in [0.05, 0.1) is 5.41 Å². The van der Waals surface area contributed by atoms with E-state index in [0.717, 1.165) is 43.9 Å². The first-order valence-electron chi connectivity index (χ1n) is 14.2. The van der Waals surface area contributed by atoms with Gasteiger partial charge in [-0.15, -0.1) is 0 Å². The topological polar surface area (TPSA) is 133 Å². The van der Waals surface area contributed by atoms with Crippen LogP contribution in [0.3, 0.4) is 0 Å². The first kappa shape index (κ1) is 27.4. The molecule has 9 nitrogen and oxygen atoms in total. The SMILES string of the molecule is CCC1(OC(=O)COC(=O)C23CC4CC(C2)C(OC(=O)C(F)(F)S(=O)(=O)O)C(C4)C3)C2CC3CC(C2)CC1C3. The highest BCUT2D eigenvalue weighted by atomic mass is 32.2. The molecule has 0 heterocycles. The monoisotopic (exact) mass is 574 g/mol. The minimum absolute atomic E-state index is 0.107. The molecule has 0 saturated heterocycles. The van der Waals surface area contributed by atoms with Gasteiger partial charge in [-0.05, 0) is 112 Å². The zero-order valence-electron chi connectivity index (χ0n) is 22.0. The van der Waals surface area contributed by atoms with Crippen LogP contribution in [-0.2, 0) is 38.7 Å². The third-order valence-electron chi connectivity index (χ3n) is 11.1. The lowest BCUT2D eigenvalue weighted by Crippen LogP contribution is -2.60. The fourth-order valence-electron chi connectivity index (χ4n) is 10.0. The van der Waals surface area contributed by atoms with E-state index >= 15 is 0 Å². The molecule has 8 saturated carbocycles. The quantitative estimate of drug-likeness (QED) is 0.260. The number of halogens is 2. The molecule has 8 aliphatic carbocycles. The summed E-state index contributed by atoms with van der Waals surface area (Å²) in [6, 6.07) is 0. The van der Waals surface area contributed by atoms with Crippen LogP contribution in [0.5, 0.6) is 0 Å². The van der Waals surface area contributed by atoms with Crippen molar-refractivity contribution in [3.63, 3.8) is 0 Å². The number of esters is 3. The highest BCUT2D eigenvalue weighted by molar-refractivity contribution is 7.87. The Kier molecular flexibility index (Phi) is 6.38. The van der Waals surface area contributed by atoms with E-state index in [9.17, 15) is 31.6 Å². The van der Waals surface area contributed by atoms with Gasteiger partial charge in [-0.25, -0.2) is 9.59 Å². The zero-order valence-corrected chi connectivity index (χ0v) is 22.8. The molecule has 8 bridgehead atoms. The molecule has 8 aliphatic rings. The van der Waals surface area contributed by atoms with E-state index in [0.29, 0.717) is 31.1 Å². The Balaban J connectivity index is 1.08. The van der Waals surface area contributed by atoms with Crippen LogP contribution in [0, 0.1) is 46.8 Å². The largest absolute Gasteiger partial charge is 0.465 e. The Hall–Kier alpha value is -1.82. The van der Waals surface area contributed by atoms with Crippen molar-refractivity contribution in [2.24, 2.45) is 46.8 Å². The summed E-state index contributed by atoms with van der Waals surface area (Å²) < 4.78 is 74.9. The van der Waals surface area contributed by atoms with Crippen molar-refractivity contribution in [3.8, 4) is 0 Å². The standard InChI is InChI=1S/C27H36F2O9S/c1-2-26(19-6-14-3-15(8-19)9-20(26)7-14)38-21(30)13-36-23(31)25-10-16-4-17(11-25)22(18(5-16)12-25)37-24(32)27(28,29)39(33,34)35/h14-20,22H,2-13H2,1H3,(H,33,34,35). The number of hydrogen-bond donors (Lipinski definition) is 1. The number of rotatable bonds is 8. The van der Waals surface area contributed by atoms with Gasteiger partial charge in [-0.3, -0.25) is 9.35 Å². The van der Waals surface area contributed by atoms with Crippen molar-refractivity contribution in [1.29, 1.82) is 0 Å². The third kappa shape index (κ3) is 4.30. The smallest absolute Gasteiger partial charge is 0.456 e. The van der Waals surface area contributed by atoms with Crippen LogP contribution < -0.4 is 0 Å². The number of hydrogen-bond acceptors (Lipinski definition) is 8. The molecule has 2 atom stereocenters. The van der Waals surface area contributed by atoms with Gasteiger partial charge in [0.1, 0.15) is 11.7 Å². The predicted molar refractivity (Wildman–Crippen MR) is 129 cm³/mol. The molecule has 8 fully saturated rings. The molecule has 1 N–H and O–H groups in total. The summed E-state index contributed by atoms with van der Waals surface area (Å²) in [5.41, 5.74) is -1.39. The second-order valence-electron chi connectivity index (χ2n) is 13.3. The van der Waals surface area contributed by atoms with Crippen molar-refractivity contribution in [3.05, 3.63) is 0 Å². The maximum atomic E-state index is 13.8. The molecule has 0 radical (unpaired) electrons. The molecular weight excluding hydrogens is 538 g/mol. The minimum Gasteiger partial charge on any atom is -0.456 e. The van der Waals surface area contributed by atoms with Gasteiger partial charge < -0.3 is 14.2 Å². The maximum absolute atomic E-state index is 13.8. The molecular formula is C27H36F2O9S. The van der Waals surface area contributed by atoms with E-state index in [4.69, 9.17) is 18.8 Å². The van der Waals surface area contributed by atoms with Gasteiger partial charge in [-0.2, -0.15) is 17.2 Å². The Morgan fingerprint density at radius 1 is 0.897 bits per heavy atom. The fourth-order valence-corrected chi connectivity index (χ4v) is 10.3. The summed E-state index contributed by atoms with van der Waals surface area (Å²) in [4.78, 5) is 38.3. The second-order valence-corrected chi connectivity index (χ2v) is 14.7. The number of alkyl halides is 2. The summed E-state index contributed by atoms with van der Waals surface area (Å²) in [5, 5.41) is -5.06. The van der Waals surface area contributed by atoms with E-state index in [-0.39, 0.29) is 18.8 Å². The predicted octanol–water partition coefficient (Wildman–Crippen LogP) is 3.90. The number of ether oxygens (including phenoxy) is 3. The summed E-state index contributed by atoms with van der Waals surface area (Å²) in [5.74, 6) is -1.95. The van der Waals surface area contributed by atoms with E-state index in [1.165, 1.54) is 6.42 Å². The van der Waals surface area contributed by atoms with E-state index in [1.807, 2.05) is 0 Å². The number of carbonyl (C=O) groups excluding carboxylic acids is 3. The molecule has 218 valence electrons. The lowest BCUT2D eigenvalue weighted by Gasteiger charge is -2.60. The van der Waals surface area contributed by atoms with Crippen molar-refractivity contribution >= 4 is 28.0 Å². The summed E-state index contributed by atoms with van der Waals surface area (Å²) in [7, 11) is -5.97. The fraction of sp³-hybridized carbons (Fsp3) is 0.889. The highest BCUT2D eigenvalue weighted by Gasteiger charge is 2.63. The Morgan fingerprint density at radius 3 is 1.97 bits per heavy atom. The minimum atomic E-state index is -5.97. The van der Waals surface area contributed by atoms with Crippen molar-refractivity contribution in [1.82, 2.24) is 0 Å². The van der Waals surface area contributed by atoms with Crippen molar-refractivity contribution in [2.75, 3.05) is 6.61 Å². The van der Waals surface area contributed by atoms with Crippen molar-refractivity contribution in [2.45, 2.75) is 94.5 Å². The van der Waals surface area contributed by atoms with Crippen molar-refractivity contribution < 1.29 is 50.3 Å². The lowest BCUT2D eigenvalue weighted by atomic mass is 9.48. The van der Waals surface area contributed by atoms with Gasteiger partial charge in [0.2, 0.25) is 0 Å². The van der Waals surface area contributed by atoms with Gasteiger partial charge in [0, 0.05) is 0 Å². The Labute approximate surface area is 226 Å². The van der Waals surface area contributed by atoms with Gasteiger partial charge in [0.25, 0.3) is 0 Å². The number of carbonyl (C=O) groups is 3.